The maximum absolute atomic E-state index is 9.00. The van der Waals surface area contributed by atoms with Crippen LogP contribution in [0.5, 0.6) is 0 Å². The van der Waals surface area contributed by atoms with Crippen molar-refractivity contribution in [2.45, 2.75) is 40.0 Å². The Hall–Kier alpha value is -1.71. The van der Waals surface area contributed by atoms with Crippen molar-refractivity contribution in [1.29, 1.82) is 0 Å². The molecule has 1 fully saturated rings. The third-order valence-electron chi connectivity index (χ3n) is 2.12. The fourth-order valence-corrected chi connectivity index (χ4v) is 1.39. The zero-order chi connectivity index (χ0) is 19.2. The average molecular weight is 351 g/mol. The quantitative estimate of drug-likeness (QED) is 0.360. The van der Waals surface area contributed by atoms with Gasteiger partial charge in [-0.05, 0) is 58.5 Å². The van der Waals surface area contributed by atoms with Crippen molar-refractivity contribution in [1.82, 2.24) is 16.0 Å². The monoisotopic (exact) mass is 351 g/mol. The van der Waals surface area contributed by atoms with Crippen LogP contribution in [0.2, 0.25) is 0 Å². The van der Waals surface area contributed by atoms with Crippen LogP contribution in [0.25, 0.3) is 0 Å². The predicted molar refractivity (Wildman–Crippen MR) is 92.4 cm³/mol. The van der Waals surface area contributed by atoms with Crippen molar-refractivity contribution in [3.05, 3.63) is 0 Å². The molecule has 0 aliphatic carbocycles. The van der Waals surface area contributed by atoms with Crippen LogP contribution >= 0.6 is 0 Å². The minimum absolute atomic E-state index is 0.833. The predicted octanol–water partition coefficient (Wildman–Crippen LogP) is 0.212. The topological polar surface area (TPSA) is 148 Å². The summed E-state index contributed by atoms with van der Waals surface area (Å²) in [6.45, 7) is 10.2. The summed E-state index contributed by atoms with van der Waals surface area (Å²) < 4.78 is 0. The summed E-state index contributed by atoms with van der Waals surface area (Å²) in [4.78, 5) is 27.0. The molecule has 0 saturated carbocycles. The van der Waals surface area contributed by atoms with E-state index < -0.39 is 17.9 Å². The zero-order valence-electron chi connectivity index (χ0n) is 14.9. The summed E-state index contributed by atoms with van der Waals surface area (Å²) >= 11 is 0. The van der Waals surface area contributed by atoms with Crippen LogP contribution in [0.15, 0.2) is 0 Å². The van der Waals surface area contributed by atoms with Gasteiger partial charge in [-0.3, -0.25) is 14.4 Å². The van der Waals surface area contributed by atoms with Crippen LogP contribution in [-0.2, 0) is 14.4 Å². The number of carbonyl (C=O) groups is 3. The molecule has 1 rings (SSSR count). The van der Waals surface area contributed by atoms with Crippen LogP contribution in [0.1, 0.15) is 40.0 Å². The Morgan fingerprint density at radius 1 is 0.542 bits per heavy atom. The van der Waals surface area contributed by atoms with Gasteiger partial charge in [-0.2, -0.15) is 0 Å². The second-order valence-electron chi connectivity index (χ2n) is 4.87. The van der Waals surface area contributed by atoms with E-state index in [4.69, 9.17) is 29.7 Å². The lowest BCUT2D eigenvalue weighted by Crippen LogP contribution is -2.29. The van der Waals surface area contributed by atoms with E-state index in [9.17, 15) is 0 Å². The molecule has 0 atom stereocenters. The van der Waals surface area contributed by atoms with Gasteiger partial charge in [-0.25, -0.2) is 0 Å². The van der Waals surface area contributed by atoms with Crippen molar-refractivity contribution in [2.75, 3.05) is 39.3 Å². The maximum atomic E-state index is 9.00. The number of rotatable bonds is 0. The van der Waals surface area contributed by atoms with E-state index in [1.54, 1.807) is 0 Å². The van der Waals surface area contributed by atoms with Crippen LogP contribution in [0.3, 0.4) is 0 Å². The summed E-state index contributed by atoms with van der Waals surface area (Å²) in [5, 5.41) is 32.5. The number of hydrogen-bond donors (Lipinski definition) is 6. The lowest BCUT2D eigenvalue weighted by atomic mass is 10.3. The van der Waals surface area contributed by atoms with Gasteiger partial charge in [-0.1, -0.05) is 0 Å². The van der Waals surface area contributed by atoms with Gasteiger partial charge in [0.05, 0.1) is 0 Å². The van der Waals surface area contributed by atoms with E-state index in [0.29, 0.717) is 0 Å². The molecule has 9 nitrogen and oxygen atoms in total. The Labute approximate surface area is 143 Å². The molecule has 0 amide bonds. The first-order valence-electron chi connectivity index (χ1n) is 7.90. The lowest BCUT2D eigenvalue weighted by Gasteiger charge is -2.09. The molecule has 0 radical (unpaired) electrons. The van der Waals surface area contributed by atoms with Gasteiger partial charge in [0.1, 0.15) is 0 Å². The second-order valence-corrected chi connectivity index (χ2v) is 4.87. The zero-order valence-corrected chi connectivity index (χ0v) is 14.9. The molecule has 1 heterocycles. The Bertz CT molecular complexity index is 230. The SMILES string of the molecule is C1CNCCCNCCCNC1.CC(=O)O.CC(=O)O.CC(=O)O. The largest absolute Gasteiger partial charge is 0.481 e. The first-order chi connectivity index (χ1) is 11.2. The molecule has 0 spiro atoms. The van der Waals surface area contributed by atoms with Gasteiger partial charge < -0.3 is 31.3 Å². The first kappa shape index (κ1) is 27.2. The number of carboxylic acid groups (broad SMARTS) is 3. The summed E-state index contributed by atoms with van der Waals surface area (Å²) in [6.07, 6.45) is 3.77. The molecular weight excluding hydrogens is 318 g/mol. The summed E-state index contributed by atoms with van der Waals surface area (Å²) in [5.74, 6) is -2.50. The molecule has 0 unspecified atom stereocenters. The van der Waals surface area contributed by atoms with Crippen molar-refractivity contribution in [2.24, 2.45) is 0 Å². The van der Waals surface area contributed by atoms with Gasteiger partial charge in [-0.15, -0.1) is 0 Å². The van der Waals surface area contributed by atoms with Crippen LogP contribution in [0, 0.1) is 0 Å². The average Bonchev–Trinajstić information content (AvgIpc) is 2.37. The van der Waals surface area contributed by atoms with Crippen LogP contribution in [-0.4, -0.2) is 72.5 Å². The van der Waals surface area contributed by atoms with E-state index in [2.05, 4.69) is 16.0 Å². The Balaban J connectivity index is -0.000000304. The third-order valence-corrected chi connectivity index (χ3v) is 2.12. The molecule has 9 heteroatoms. The molecule has 0 aromatic heterocycles. The van der Waals surface area contributed by atoms with E-state index in [-0.39, 0.29) is 0 Å². The van der Waals surface area contributed by atoms with E-state index in [1.165, 1.54) is 19.3 Å². The Morgan fingerprint density at radius 3 is 0.792 bits per heavy atom. The molecule has 1 saturated heterocycles. The molecular formula is C15H33N3O6. The highest BCUT2D eigenvalue weighted by atomic mass is 16.4. The molecule has 1 aliphatic heterocycles. The summed E-state index contributed by atoms with van der Waals surface area (Å²) in [5.41, 5.74) is 0. The number of hydrogen-bond acceptors (Lipinski definition) is 6. The van der Waals surface area contributed by atoms with Crippen LogP contribution < -0.4 is 16.0 Å². The Morgan fingerprint density at radius 2 is 0.667 bits per heavy atom. The highest BCUT2D eigenvalue weighted by Gasteiger charge is 1.93. The maximum Gasteiger partial charge on any atom is 0.300 e. The first-order valence-corrected chi connectivity index (χ1v) is 7.90. The van der Waals surface area contributed by atoms with Gasteiger partial charge in [0.2, 0.25) is 0 Å². The van der Waals surface area contributed by atoms with E-state index in [1.807, 2.05) is 0 Å². The molecule has 0 aromatic rings. The molecule has 1 aliphatic rings. The van der Waals surface area contributed by atoms with Gasteiger partial charge in [0, 0.05) is 20.8 Å². The van der Waals surface area contributed by atoms with Gasteiger partial charge in [0.25, 0.3) is 17.9 Å². The van der Waals surface area contributed by atoms with Gasteiger partial charge >= 0.3 is 0 Å². The molecule has 6 N–H and O–H groups in total. The van der Waals surface area contributed by atoms with Gasteiger partial charge in [0.15, 0.2) is 0 Å². The fraction of sp³-hybridized carbons (Fsp3) is 0.800. The standard InChI is InChI=1S/C9H21N3.3C2H4O2/c1-4-10-6-2-8-12-9-3-7-11-5-1;3*1-2(3)4/h10-12H,1-9H2;3*1H3,(H,3,4). The highest BCUT2D eigenvalue weighted by molar-refractivity contribution is 5.63. The molecule has 24 heavy (non-hydrogen) atoms. The third kappa shape index (κ3) is 71.3. The molecule has 144 valence electrons. The highest BCUT2D eigenvalue weighted by Crippen LogP contribution is 1.81. The Kier molecular flexibility index (Phi) is 26.6. The molecule has 0 aromatic carbocycles. The van der Waals surface area contributed by atoms with Crippen molar-refractivity contribution in [3.63, 3.8) is 0 Å². The summed E-state index contributed by atoms with van der Waals surface area (Å²) in [7, 11) is 0. The second kappa shape index (κ2) is 23.6. The smallest absolute Gasteiger partial charge is 0.300 e. The normalized spacial score (nSPS) is 15.1. The van der Waals surface area contributed by atoms with Crippen molar-refractivity contribution in [3.8, 4) is 0 Å². The van der Waals surface area contributed by atoms with E-state index in [0.717, 1.165) is 60.0 Å². The van der Waals surface area contributed by atoms with Crippen molar-refractivity contribution < 1.29 is 29.7 Å². The fourth-order valence-electron chi connectivity index (χ4n) is 1.39. The van der Waals surface area contributed by atoms with E-state index >= 15 is 0 Å². The number of carboxylic acids is 3. The number of nitrogens with one attached hydrogen (secondary N) is 3. The minimum atomic E-state index is -0.833. The number of aliphatic carboxylic acids is 3. The van der Waals surface area contributed by atoms with Crippen LogP contribution in [0.4, 0.5) is 0 Å². The molecule has 0 bridgehead atoms. The lowest BCUT2D eigenvalue weighted by molar-refractivity contribution is -0.135. The minimum Gasteiger partial charge on any atom is -0.481 e. The summed E-state index contributed by atoms with van der Waals surface area (Å²) in [6, 6.07) is 0. The van der Waals surface area contributed by atoms with Crippen molar-refractivity contribution >= 4 is 17.9 Å².